The first-order chi connectivity index (χ1) is 14.5. The standard InChI is InChI=1S/C24H26FN3O2/c1-16-14-27(15-26-16)22-11-8-19(13-23(22)30-3)21-5-4-12-28(24(21)29)17(2)18-6-9-20(25)10-7-18/h6-11,13-15,17,21H,4-5,12H2,1-3H3/t17-,21?/m0/s1. The first-order valence-electron chi connectivity index (χ1n) is 10.2. The van der Waals surface area contributed by atoms with Gasteiger partial charge in [0.1, 0.15) is 11.6 Å². The van der Waals surface area contributed by atoms with Gasteiger partial charge in [-0.1, -0.05) is 18.2 Å². The van der Waals surface area contributed by atoms with Crippen molar-refractivity contribution in [1.29, 1.82) is 0 Å². The second-order valence-electron chi connectivity index (χ2n) is 7.81. The molecule has 0 spiro atoms. The van der Waals surface area contributed by atoms with Crippen molar-refractivity contribution in [3.63, 3.8) is 0 Å². The fraction of sp³-hybridized carbons (Fsp3) is 0.333. The molecule has 6 heteroatoms. The molecule has 0 radical (unpaired) electrons. The van der Waals surface area contributed by atoms with Crippen LogP contribution < -0.4 is 4.74 Å². The van der Waals surface area contributed by atoms with E-state index in [9.17, 15) is 9.18 Å². The summed E-state index contributed by atoms with van der Waals surface area (Å²) in [7, 11) is 1.64. The number of halogens is 1. The summed E-state index contributed by atoms with van der Waals surface area (Å²) in [5.74, 6) is 0.330. The van der Waals surface area contributed by atoms with E-state index in [0.29, 0.717) is 12.3 Å². The minimum Gasteiger partial charge on any atom is -0.495 e. The smallest absolute Gasteiger partial charge is 0.230 e. The Morgan fingerprint density at radius 1 is 1.20 bits per heavy atom. The minimum atomic E-state index is -0.269. The molecule has 1 fully saturated rings. The average Bonchev–Trinajstić information content (AvgIpc) is 3.19. The van der Waals surface area contributed by atoms with Crippen molar-refractivity contribution in [1.82, 2.24) is 14.5 Å². The Bertz CT molecular complexity index is 1040. The van der Waals surface area contributed by atoms with Crippen LogP contribution in [0.2, 0.25) is 0 Å². The number of ether oxygens (including phenoxy) is 1. The SMILES string of the molecule is COc1cc(C2CCCN([C@@H](C)c3ccc(F)cc3)C2=O)ccc1-n1cnc(C)c1. The number of hydrogen-bond donors (Lipinski definition) is 0. The van der Waals surface area contributed by atoms with Crippen molar-refractivity contribution >= 4 is 5.91 Å². The second kappa shape index (κ2) is 8.30. The predicted octanol–water partition coefficient (Wildman–Crippen LogP) is 4.80. The number of carbonyl (C=O) groups excluding carboxylic acids is 1. The van der Waals surface area contributed by atoms with E-state index in [0.717, 1.165) is 35.3 Å². The lowest BCUT2D eigenvalue weighted by atomic mass is 9.88. The highest BCUT2D eigenvalue weighted by molar-refractivity contribution is 5.85. The van der Waals surface area contributed by atoms with E-state index in [1.807, 2.05) is 47.7 Å². The lowest BCUT2D eigenvalue weighted by Crippen LogP contribution is -2.41. The van der Waals surface area contributed by atoms with Gasteiger partial charge in [-0.2, -0.15) is 0 Å². The molecular weight excluding hydrogens is 381 g/mol. The number of rotatable bonds is 5. The Labute approximate surface area is 176 Å². The number of aromatic nitrogens is 2. The third-order valence-electron chi connectivity index (χ3n) is 5.89. The van der Waals surface area contributed by atoms with Gasteiger partial charge in [0.25, 0.3) is 0 Å². The van der Waals surface area contributed by atoms with Crippen molar-refractivity contribution in [2.45, 2.75) is 38.6 Å². The number of carbonyl (C=O) groups is 1. The first-order valence-corrected chi connectivity index (χ1v) is 10.2. The summed E-state index contributed by atoms with van der Waals surface area (Å²) in [6.07, 6.45) is 5.42. The zero-order valence-corrected chi connectivity index (χ0v) is 17.5. The summed E-state index contributed by atoms with van der Waals surface area (Å²) in [4.78, 5) is 19.5. The molecule has 1 aliphatic rings. The first kappa shape index (κ1) is 20.1. The molecule has 30 heavy (non-hydrogen) atoms. The maximum atomic E-state index is 13.4. The number of imidazole rings is 1. The molecule has 1 saturated heterocycles. The van der Waals surface area contributed by atoms with Crippen molar-refractivity contribution in [2.24, 2.45) is 0 Å². The van der Waals surface area contributed by atoms with Crippen LogP contribution in [0.3, 0.4) is 0 Å². The maximum Gasteiger partial charge on any atom is 0.230 e. The monoisotopic (exact) mass is 407 g/mol. The van der Waals surface area contributed by atoms with Gasteiger partial charge in [-0.15, -0.1) is 0 Å². The zero-order valence-electron chi connectivity index (χ0n) is 17.5. The van der Waals surface area contributed by atoms with Crippen LogP contribution in [0, 0.1) is 12.7 Å². The van der Waals surface area contributed by atoms with Crippen LogP contribution in [-0.2, 0) is 4.79 Å². The number of hydrogen-bond acceptors (Lipinski definition) is 3. The van der Waals surface area contributed by atoms with Gasteiger partial charge >= 0.3 is 0 Å². The van der Waals surface area contributed by atoms with E-state index in [2.05, 4.69) is 4.98 Å². The fourth-order valence-electron chi connectivity index (χ4n) is 4.19. The molecule has 0 saturated carbocycles. The van der Waals surface area contributed by atoms with Crippen LogP contribution in [0.5, 0.6) is 5.75 Å². The molecule has 2 atom stereocenters. The van der Waals surface area contributed by atoms with Crippen molar-refractivity contribution in [2.75, 3.05) is 13.7 Å². The summed E-state index contributed by atoms with van der Waals surface area (Å²) in [6, 6.07) is 12.2. The molecule has 0 aliphatic carbocycles. The van der Waals surface area contributed by atoms with E-state index in [1.54, 1.807) is 25.6 Å². The van der Waals surface area contributed by atoms with Gasteiger partial charge in [-0.05, 0) is 62.1 Å². The quantitative estimate of drug-likeness (QED) is 0.611. The second-order valence-corrected chi connectivity index (χ2v) is 7.81. The summed E-state index contributed by atoms with van der Waals surface area (Å²) in [5, 5.41) is 0. The molecular formula is C24H26FN3O2. The maximum absolute atomic E-state index is 13.4. The number of methoxy groups -OCH3 is 1. The molecule has 1 aromatic heterocycles. The third-order valence-corrected chi connectivity index (χ3v) is 5.89. The molecule has 5 nitrogen and oxygen atoms in total. The summed E-state index contributed by atoms with van der Waals surface area (Å²) in [5.41, 5.74) is 3.71. The zero-order chi connectivity index (χ0) is 21.3. The molecule has 1 aliphatic heterocycles. The number of nitrogens with zero attached hydrogens (tertiary/aromatic N) is 3. The third kappa shape index (κ3) is 3.82. The van der Waals surface area contributed by atoms with Crippen LogP contribution in [0.25, 0.3) is 5.69 Å². The lowest BCUT2D eigenvalue weighted by molar-refractivity contribution is -0.137. The van der Waals surface area contributed by atoms with Crippen molar-refractivity contribution in [3.05, 3.63) is 77.6 Å². The van der Waals surface area contributed by atoms with Crippen LogP contribution in [0.4, 0.5) is 4.39 Å². The van der Waals surface area contributed by atoms with Gasteiger partial charge in [0, 0.05) is 12.7 Å². The topological polar surface area (TPSA) is 47.4 Å². The van der Waals surface area contributed by atoms with Crippen LogP contribution in [-0.4, -0.2) is 34.0 Å². The van der Waals surface area contributed by atoms with Gasteiger partial charge in [0.2, 0.25) is 5.91 Å². The average molecular weight is 407 g/mol. The highest BCUT2D eigenvalue weighted by atomic mass is 19.1. The van der Waals surface area contributed by atoms with Crippen LogP contribution >= 0.6 is 0 Å². The number of benzene rings is 2. The molecule has 0 bridgehead atoms. The van der Waals surface area contributed by atoms with E-state index in [1.165, 1.54) is 12.1 Å². The number of aryl methyl sites for hydroxylation is 1. The van der Waals surface area contributed by atoms with E-state index in [4.69, 9.17) is 4.74 Å². The molecule has 3 aromatic rings. The summed E-state index contributed by atoms with van der Waals surface area (Å²) < 4.78 is 20.8. The molecule has 0 N–H and O–H groups in total. The van der Waals surface area contributed by atoms with Crippen LogP contribution in [0.1, 0.15) is 48.5 Å². The molecule has 156 valence electrons. The normalized spacial score (nSPS) is 17.8. The fourth-order valence-corrected chi connectivity index (χ4v) is 4.19. The van der Waals surface area contributed by atoms with E-state index >= 15 is 0 Å². The number of likely N-dealkylation sites (tertiary alicyclic amines) is 1. The Balaban J connectivity index is 1.60. The molecule has 1 amide bonds. The Morgan fingerprint density at radius 3 is 2.63 bits per heavy atom. The Morgan fingerprint density at radius 2 is 1.97 bits per heavy atom. The van der Waals surface area contributed by atoms with Gasteiger partial charge in [-0.3, -0.25) is 4.79 Å². The van der Waals surface area contributed by atoms with Gasteiger partial charge in [0.15, 0.2) is 0 Å². The number of amides is 1. The van der Waals surface area contributed by atoms with Gasteiger partial charge < -0.3 is 14.2 Å². The molecule has 1 unspecified atom stereocenters. The molecule has 2 heterocycles. The van der Waals surface area contributed by atoms with Crippen LogP contribution in [0.15, 0.2) is 55.0 Å². The summed E-state index contributed by atoms with van der Waals surface area (Å²) in [6.45, 7) is 4.64. The Kier molecular flexibility index (Phi) is 5.57. The Hall–Kier alpha value is -3.15. The lowest BCUT2D eigenvalue weighted by Gasteiger charge is -2.37. The van der Waals surface area contributed by atoms with Gasteiger partial charge in [0.05, 0.1) is 36.8 Å². The van der Waals surface area contributed by atoms with E-state index in [-0.39, 0.29) is 23.7 Å². The van der Waals surface area contributed by atoms with Crippen molar-refractivity contribution in [3.8, 4) is 11.4 Å². The highest BCUT2D eigenvalue weighted by Crippen LogP contribution is 2.36. The van der Waals surface area contributed by atoms with Gasteiger partial charge in [-0.25, -0.2) is 9.37 Å². The molecule has 2 aromatic carbocycles. The van der Waals surface area contributed by atoms with Crippen molar-refractivity contribution < 1.29 is 13.9 Å². The molecule has 4 rings (SSSR count). The minimum absolute atomic E-state index is 0.101. The number of piperidine rings is 1. The predicted molar refractivity (Wildman–Crippen MR) is 113 cm³/mol. The largest absolute Gasteiger partial charge is 0.495 e. The van der Waals surface area contributed by atoms with E-state index < -0.39 is 0 Å². The summed E-state index contributed by atoms with van der Waals surface area (Å²) >= 11 is 0. The highest BCUT2D eigenvalue weighted by Gasteiger charge is 2.33.